The van der Waals surface area contributed by atoms with E-state index in [0.29, 0.717) is 12.8 Å². The first-order chi connectivity index (χ1) is 49.5. The van der Waals surface area contributed by atoms with E-state index in [9.17, 15) is 121 Å². The molecule has 22 N–H and O–H groups in total. The Kier molecular flexibility index (Phi) is 36.5. The first kappa shape index (κ1) is 88.8. The van der Waals surface area contributed by atoms with Gasteiger partial charge in [-0.05, 0) is 12.8 Å². The molecule has 6 rings (SSSR count). The Morgan fingerprint density at radius 2 is 0.952 bits per heavy atom. The maximum atomic E-state index is 13.6. The second-order valence-electron chi connectivity index (χ2n) is 26.8. The van der Waals surface area contributed by atoms with Crippen molar-refractivity contribution in [2.75, 3.05) is 46.2 Å². The van der Waals surface area contributed by atoms with E-state index in [4.69, 9.17) is 56.8 Å². The molecule has 6 heterocycles. The van der Waals surface area contributed by atoms with Crippen LogP contribution in [0.5, 0.6) is 0 Å². The summed E-state index contributed by atoms with van der Waals surface area (Å²) in [6, 6.07) is -6.73. The second-order valence-corrected chi connectivity index (χ2v) is 26.8. The van der Waals surface area contributed by atoms with E-state index in [2.05, 4.69) is 28.2 Å². The smallest absolute Gasteiger partial charge is 0.217 e. The fraction of sp³-hybridized carbons (Fsp3) is 0.891. The molecule has 33 atom stereocenters. The number of carbonyl (C=O) groups is 5. The van der Waals surface area contributed by atoms with E-state index >= 15 is 0 Å². The van der Waals surface area contributed by atoms with Crippen LogP contribution < -0.4 is 26.4 Å². The molecule has 4 amide bonds. The van der Waals surface area contributed by atoms with Gasteiger partial charge in [-0.15, -0.1) is 0 Å². The SMILES string of the molecule is CCCCCCCCCCCCC/C=C/[C@@H](O)[C@H](CO[C@@H]1O[C@H](CO)[C@@H](O[C@@H]2O[C@H](CO)[C@H](O[C@@H]3O[C@H](CO)[C@H](O)[C@H](O[C@@H]4O[C@H](CO)[C@H](O[C@@H]5O[C@H](CO)[C@H](O)[C@H](O)[C@H]5NC(C)=O)[C@H](O[C@]5(C(=O)[O-])C[C@H](O)[C@@H](NC(C)=O)[C@H]([C@H](O)[C@H](O)CO)O5)[C@H]4O)[C@H]3NC(C)=O)[C@H](O)[C@H]2O)[C@H](O)[C@H]1O)NC=O. The van der Waals surface area contributed by atoms with Crippen molar-refractivity contribution < 1.29 is 178 Å². The van der Waals surface area contributed by atoms with Gasteiger partial charge in [0.15, 0.2) is 31.5 Å². The van der Waals surface area contributed by atoms with Gasteiger partial charge in [0, 0.05) is 27.2 Å². The molecule has 0 aromatic carbocycles. The first-order valence-corrected chi connectivity index (χ1v) is 35.1. The fourth-order valence-electron chi connectivity index (χ4n) is 13.4. The van der Waals surface area contributed by atoms with Crippen LogP contribution >= 0.6 is 0 Å². The highest BCUT2D eigenvalue weighted by Crippen LogP contribution is 2.41. The lowest BCUT2D eigenvalue weighted by Gasteiger charge is -2.54. The number of hydrogen-bond acceptors (Lipinski definition) is 36. The molecule has 0 spiro atoms. The van der Waals surface area contributed by atoms with Gasteiger partial charge in [-0.3, -0.25) is 19.2 Å². The van der Waals surface area contributed by atoms with Gasteiger partial charge in [0.1, 0.15) is 146 Å². The number of ether oxygens (including phenoxy) is 12. The van der Waals surface area contributed by atoms with Crippen LogP contribution in [0.15, 0.2) is 12.2 Å². The maximum absolute atomic E-state index is 13.6. The zero-order valence-corrected chi connectivity index (χ0v) is 58.2. The molecule has 0 aromatic rings. The van der Waals surface area contributed by atoms with Gasteiger partial charge in [-0.25, -0.2) is 0 Å². The topological polar surface area (TPSA) is 631 Å². The molecule has 0 aliphatic carbocycles. The van der Waals surface area contributed by atoms with Crippen LogP contribution in [-0.2, 0) is 80.8 Å². The van der Waals surface area contributed by atoms with Crippen LogP contribution in [0, 0.1) is 0 Å². The van der Waals surface area contributed by atoms with E-state index in [1.807, 2.05) is 0 Å². The molecule has 602 valence electrons. The third-order valence-electron chi connectivity index (χ3n) is 19.0. The third kappa shape index (κ3) is 23.0. The number of rotatable bonds is 41. The fourth-order valence-corrected chi connectivity index (χ4v) is 13.4. The molecule has 6 aliphatic rings. The molecule has 40 nitrogen and oxygen atoms in total. The van der Waals surface area contributed by atoms with E-state index in [0.717, 1.165) is 46.5 Å². The monoisotopic (exact) mass is 1510 g/mol. The minimum Gasteiger partial charge on any atom is -0.544 e. The number of aliphatic carboxylic acids is 1. The summed E-state index contributed by atoms with van der Waals surface area (Å²) in [6.45, 7) is -2.30. The molecule has 0 unspecified atom stereocenters. The molecular formula is C64H109N4O36-. The Morgan fingerprint density at radius 3 is 1.47 bits per heavy atom. The number of allylic oxidation sites excluding steroid dienone is 1. The molecule has 0 saturated carbocycles. The number of unbranched alkanes of at least 4 members (excludes halogenated alkanes) is 11. The van der Waals surface area contributed by atoms with Crippen molar-refractivity contribution in [3.05, 3.63) is 12.2 Å². The Morgan fingerprint density at radius 1 is 0.510 bits per heavy atom. The van der Waals surface area contributed by atoms with Gasteiger partial charge in [0.2, 0.25) is 29.9 Å². The van der Waals surface area contributed by atoms with Crippen molar-refractivity contribution in [1.29, 1.82) is 0 Å². The van der Waals surface area contributed by atoms with Crippen molar-refractivity contribution in [3.8, 4) is 0 Å². The number of hydrogen-bond donors (Lipinski definition) is 22. The van der Waals surface area contributed by atoms with Gasteiger partial charge in [-0.2, -0.15) is 0 Å². The summed E-state index contributed by atoms with van der Waals surface area (Å²) in [6.07, 6.45) is -42.8. The summed E-state index contributed by atoms with van der Waals surface area (Å²) in [5.41, 5.74) is 0. The Labute approximate surface area is 598 Å². The molecule has 0 radical (unpaired) electrons. The molecular weight excluding hydrogens is 1400 g/mol. The van der Waals surface area contributed by atoms with Gasteiger partial charge in [0.25, 0.3) is 0 Å². The first-order valence-electron chi connectivity index (χ1n) is 35.1. The molecule has 6 aliphatic heterocycles. The van der Waals surface area contributed by atoms with Crippen molar-refractivity contribution in [1.82, 2.24) is 21.3 Å². The van der Waals surface area contributed by atoms with Crippen LogP contribution in [0.1, 0.15) is 111 Å². The Balaban J connectivity index is 1.22. The molecule has 0 aromatic heterocycles. The van der Waals surface area contributed by atoms with Crippen molar-refractivity contribution in [3.63, 3.8) is 0 Å². The number of nitrogens with one attached hydrogen (secondary N) is 4. The number of aliphatic hydroxyl groups is 18. The van der Waals surface area contributed by atoms with Gasteiger partial charge in [0.05, 0.1) is 70.5 Å². The normalized spacial score (nSPS) is 39.6. The van der Waals surface area contributed by atoms with Crippen LogP contribution in [0.2, 0.25) is 0 Å². The van der Waals surface area contributed by atoms with Gasteiger partial charge < -0.3 is 180 Å². The van der Waals surface area contributed by atoms with E-state index < -0.39 is 278 Å². The maximum Gasteiger partial charge on any atom is 0.217 e. The average Bonchev–Trinajstić information content (AvgIpc) is 0.750. The highest BCUT2D eigenvalue weighted by molar-refractivity contribution is 5.75. The lowest BCUT2D eigenvalue weighted by Crippen LogP contribution is -2.73. The van der Waals surface area contributed by atoms with Gasteiger partial charge >= 0.3 is 0 Å². The predicted molar refractivity (Wildman–Crippen MR) is 341 cm³/mol. The summed E-state index contributed by atoms with van der Waals surface area (Å²) in [7, 11) is 0. The minimum atomic E-state index is -3.52. The summed E-state index contributed by atoms with van der Waals surface area (Å²) >= 11 is 0. The van der Waals surface area contributed by atoms with E-state index in [1.165, 1.54) is 51.0 Å². The summed E-state index contributed by atoms with van der Waals surface area (Å²) in [5, 5.41) is 223. The third-order valence-corrected chi connectivity index (χ3v) is 19.0. The number of aliphatic hydroxyl groups excluding tert-OH is 18. The number of amides is 4. The summed E-state index contributed by atoms with van der Waals surface area (Å²) in [4.78, 5) is 63.2. The zero-order chi connectivity index (χ0) is 76.9. The van der Waals surface area contributed by atoms with Crippen LogP contribution in [0.3, 0.4) is 0 Å². The van der Waals surface area contributed by atoms with Crippen LogP contribution in [-0.4, -0.2) is 370 Å². The number of carbonyl (C=O) groups excluding carboxylic acids is 5. The van der Waals surface area contributed by atoms with Crippen LogP contribution in [0.25, 0.3) is 0 Å². The number of carboxylic acids is 1. The lowest BCUT2D eigenvalue weighted by atomic mass is 9.88. The van der Waals surface area contributed by atoms with Crippen molar-refractivity contribution >= 4 is 30.1 Å². The minimum absolute atomic E-state index is 0.318. The largest absolute Gasteiger partial charge is 0.544 e. The molecule has 6 saturated heterocycles. The summed E-state index contributed by atoms with van der Waals surface area (Å²) in [5.74, 6) is -8.73. The summed E-state index contributed by atoms with van der Waals surface area (Å²) < 4.78 is 71.0. The average molecular weight is 1510 g/mol. The van der Waals surface area contributed by atoms with E-state index in [-0.39, 0.29) is 0 Å². The second kappa shape index (κ2) is 42.7. The van der Waals surface area contributed by atoms with Gasteiger partial charge in [-0.1, -0.05) is 83.3 Å². The zero-order valence-electron chi connectivity index (χ0n) is 58.2. The Hall–Kier alpha value is -4.11. The molecule has 6 fully saturated rings. The highest BCUT2D eigenvalue weighted by Gasteiger charge is 2.61. The van der Waals surface area contributed by atoms with Crippen molar-refractivity contribution in [2.24, 2.45) is 0 Å². The quantitative estimate of drug-likeness (QED) is 0.0154. The van der Waals surface area contributed by atoms with Crippen molar-refractivity contribution in [2.45, 2.75) is 313 Å². The number of carboxylic acid groups (broad SMARTS) is 1. The predicted octanol–water partition coefficient (Wildman–Crippen LogP) is -11.0. The molecule has 40 heteroatoms. The lowest BCUT2D eigenvalue weighted by molar-refractivity contribution is -0.419. The standard InChI is InChI=1S/C64H110N4O36/c1-5-6-7-8-9-10-11-12-13-14-15-16-17-18-32(79)31(65-27-75)26-93-60-49(88)47(86)53(37(23-72)96-60)100-61-50(89)48(87)52(38(24-73)97-61)99-59-42(68-30(4)78)55(45(84)36(22-71)95-59)102-62-51(90)57(54(39(25-74)98-62)101-58-41(67-29(3)77)46(85)44(83)35(21-70)94-58)104-64(63(91)92)19-33(80)40(66-28(2)76)56(103-64)43(82)34(81)20-69/h17-18,27,31-62,69-74,79-90H,5-16,19-26H2,1-4H3,(H,65,75)(H,66,76)(H,67,77)(H,68,78)(H,91,92)/p-1/b18-17+/t31-,32+,33-,34+,35+,36+,37+,38+,39+,40+,41+,42+,43+,44-,45-,46+,47+,48+,49+,50+,51+,52-,53+,54-,55+,56+,57+,58-,59-,60+,61-,62-,64-/m0/s1. The Bertz CT molecular complexity index is 2610. The highest BCUT2D eigenvalue weighted by atomic mass is 16.8. The van der Waals surface area contributed by atoms with E-state index in [1.54, 1.807) is 6.08 Å². The molecule has 104 heavy (non-hydrogen) atoms. The molecule has 0 bridgehead atoms. The van der Waals surface area contributed by atoms with Crippen LogP contribution in [0.4, 0.5) is 0 Å².